The highest BCUT2D eigenvalue weighted by atomic mass is 14.4. The lowest BCUT2D eigenvalue weighted by atomic mass is 9.68. The summed E-state index contributed by atoms with van der Waals surface area (Å²) in [6.07, 6.45) is 19.2. The molecule has 3 rings (SSSR count). The van der Waals surface area contributed by atoms with Crippen molar-refractivity contribution in [2.24, 2.45) is 17.8 Å². The molecule has 0 heteroatoms. The smallest absolute Gasteiger partial charge is 0.0162 e. The van der Waals surface area contributed by atoms with Gasteiger partial charge in [-0.15, -0.1) is 0 Å². The van der Waals surface area contributed by atoms with Crippen LogP contribution in [-0.2, 0) is 0 Å². The lowest BCUT2D eigenvalue weighted by Crippen LogP contribution is -2.25. The van der Waals surface area contributed by atoms with Crippen molar-refractivity contribution in [2.75, 3.05) is 0 Å². The van der Waals surface area contributed by atoms with Crippen LogP contribution in [0.2, 0.25) is 0 Å². The fourth-order valence-electron chi connectivity index (χ4n) is 5.03. The average molecular weight is 325 g/mol. The van der Waals surface area contributed by atoms with Crippen molar-refractivity contribution in [1.82, 2.24) is 0 Å². The molecule has 132 valence electrons. The van der Waals surface area contributed by atoms with E-state index in [1.807, 2.05) is 0 Å². The molecule has 2 aliphatic carbocycles. The van der Waals surface area contributed by atoms with Gasteiger partial charge in [-0.3, -0.25) is 0 Å². The molecule has 0 N–H and O–H groups in total. The zero-order valence-corrected chi connectivity index (χ0v) is 15.8. The van der Waals surface area contributed by atoms with Gasteiger partial charge in [0.25, 0.3) is 0 Å². The highest BCUT2D eigenvalue weighted by Gasteiger charge is 2.30. The number of hydrogen-bond donors (Lipinski definition) is 0. The molecular formula is C24H36. The third-order valence-corrected chi connectivity index (χ3v) is 6.67. The largest absolute Gasteiger partial charge is 0.0883 e. The maximum atomic E-state index is 2.52. The average Bonchev–Trinajstić information content (AvgIpc) is 2.63. The molecule has 0 unspecified atom stereocenters. The summed E-state index contributed by atoms with van der Waals surface area (Å²) in [7, 11) is 0. The van der Waals surface area contributed by atoms with Crippen molar-refractivity contribution in [1.29, 1.82) is 0 Å². The summed E-state index contributed by atoms with van der Waals surface area (Å²) in [5, 5.41) is 0. The van der Waals surface area contributed by atoms with E-state index in [1.54, 1.807) is 5.56 Å². The standard InChI is InChI=1S/C24H36/c1-3-4-5-6-20-9-13-22(14-10-20)24-17-15-23(16-18-24)21-11-7-19(2)8-12-21/h5-8,11-12,20,22-24H,3-4,9-10,13-18H2,1-2H3/b6-5+. The fourth-order valence-corrected chi connectivity index (χ4v) is 5.03. The molecule has 24 heavy (non-hydrogen) atoms. The minimum atomic E-state index is 0.829. The van der Waals surface area contributed by atoms with Gasteiger partial charge in [-0.25, -0.2) is 0 Å². The number of hydrogen-bond acceptors (Lipinski definition) is 0. The van der Waals surface area contributed by atoms with Crippen LogP contribution in [0.15, 0.2) is 36.4 Å². The maximum absolute atomic E-state index is 2.52. The first-order chi connectivity index (χ1) is 11.8. The van der Waals surface area contributed by atoms with Crippen molar-refractivity contribution in [3.05, 3.63) is 47.5 Å². The zero-order chi connectivity index (χ0) is 16.8. The van der Waals surface area contributed by atoms with E-state index in [0.29, 0.717) is 0 Å². The number of unbranched alkanes of at least 4 members (excludes halogenated alkanes) is 1. The summed E-state index contributed by atoms with van der Waals surface area (Å²) in [6.45, 7) is 4.46. The quantitative estimate of drug-likeness (QED) is 0.494. The number of rotatable bonds is 5. The van der Waals surface area contributed by atoms with Gasteiger partial charge in [-0.2, -0.15) is 0 Å². The molecule has 0 amide bonds. The van der Waals surface area contributed by atoms with Crippen LogP contribution in [-0.4, -0.2) is 0 Å². The molecule has 0 bridgehead atoms. The van der Waals surface area contributed by atoms with Crippen LogP contribution in [0.25, 0.3) is 0 Å². The molecule has 0 heterocycles. The second-order valence-electron chi connectivity index (χ2n) is 8.41. The van der Waals surface area contributed by atoms with E-state index in [-0.39, 0.29) is 0 Å². The Labute approximate surface area is 149 Å². The summed E-state index contributed by atoms with van der Waals surface area (Å²) in [5.41, 5.74) is 2.97. The topological polar surface area (TPSA) is 0 Å². The SMILES string of the molecule is CCC/C=C/C1CCC(C2CCC(c3ccc(C)cc3)CC2)CC1. The van der Waals surface area contributed by atoms with Gasteiger partial charge < -0.3 is 0 Å². The third kappa shape index (κ3) is 4.74. The summed E-state index contributed by atoms with van der Waals surface area (Å²) in [4.78, 5) is 0. The predicted molar refractivity (Wildman–Crippen MR) is 105 cm³/mol. The highest BCUT2D eigenvalue weighted by molar-refractivity contribution is 5.24. The van der Waals surface area contributed by atoms with Gasteiger partial charge in [0, 0.05) is 0 Å². The Kier molecular flexibility index (Phi) is 6.58. The van der Waals surface area contributed by atoms with Crippen molar-refractivity contribution in [3.63, 3.8) is 0 Å². The molecule has 2 fully saturated rings. The monoisotopic (exact) mass is 324 g/mol. The summed E-state index contributed by atoms with van der Waals surface area (Å²) in [6, 6.07) is 9.31. The van der Waals surface area contributed by atoms with Crippen LogP contribution >= 0.6 is 0 Å². The Balaban J connectivity index is 1.43. The normalized spacial score (nSPS) is 31.4. The first-order valence-corrected chi connectivity index (χ1v) is 10.5. The molecule has 0 spiro atoms. The first-order valence-electron chi connectivity index (χ1n) is 10.5. The Morgan fingerprint density at radius 2 is 1.42 bits per heavy atom. The Hall–Kier alpha value is -1.04. The molecule has 0 nitrogen and oxygen atoms in total. The molecule has 2 saturated carbocycles. The molecule has 1 aromatic carbocycles. The van der Waals surface area contributed by atoms with Crippen molar-refractivity contribution < 1.29 is 0 Å². The van der Waals surface area contributed by atoms with E-state index in [0.717, 1.165) is 23.7 Å². The van der Waals surface area contributed by atoms with Crippen LogP contribution in [0.4, 0.5) is 0 Å². The summed E-state index contributed by atoms with van der Waals surface area (Å²) >= 11 is 0. The van der Waals surface area contributed by atoms with Gasteiger partial charge in [0.15, 0.2) is 0 Å². The Bertz CT molecular complexity index is 493. The van der Waals surface area contributed by atoms with Gasteiger partial charge in [-0.1, -0.05) is 55.3 Å². The van der Waals surface area contributed by atoms with Gasteiger partial charge in [0.1, 0.15) is 0 Å². The highest BCUT2D eigenvalue weighted by Crippen LogP contribution is 2.44. The van der Waals surface area contributed by atoms with Crippen LogP contribution in [0.1, 0.15) is 88.2 Å². The number of aryl methyl sites for hydroxylation is 1. The van der Waals surface area contributed by atoms with E-state index in [9.17, 15) is 0 Å². The van der Waals surface area contributed by atoms with E-state index in [2.05, 4.69) is 50.3 Å². The summed E-state index contributed by atoms with van der Waals surface area (Å²) in [5.74, 6) is 3.76. The van der Waals surface area contributed by atoms with Gasteiger partial charge in [0.2, 0.25) is 0 Å². The van der Waals surface area contributed by atoms with Crippen molar-refractivity contribution in [3.8, 4) is 0 Å². The molecule has 1 aromatic rings. The maximum Gasteiger partial charge on any atom is -0.0162 e. The second-order valence-corrected chi connectivity index (χ2v) is 8.41. The van der Waals surface area contributed by atoms with E-state index in [4.69, 9.17) is 0 Å². The third-order valence-electron chi connectivity index (χ3n) is 6.67. The predicted octanol–water partition coefficient (Wildman–Crippen LogP) is 7.43. The minimum absolute atomic E-state index is 0.829. The second kappa shape index (κ2) is 8.88. The van der Waals surface area contributed by atoms with Crippen LogP contribution < -0.4 is 0 Å². The fraction of sp³-hybridized carbons (Fsp3) is 0.667. The molecule has 2 aliphatic rings. The van der Waals surface area contributed by atoms with Crippen LogP contribution in [0.5, 0.6) is 0 Å². The van der Waals surface area contributed by atoms with Gasteiger partial charge >= 0.3 is 0 Å². The van der Waals surface area contributed by atoms with E-state index >= 15 is 0 Å². The van der Waals surface area contributed by atoms with Crippen molar-refractivity contribution >= 4 is 0 Å². The van der Waals surface area contributed by atoms with Gasteiger partial charge in [0.05, 0.1) is 0 Å². The summed E-state index contributed by atoms with van der Waals surface area (Å²) < 4.78 is 0. The molecule has 0 aliphatic heterocycles. The number of allylic oxidation sites excluding steroid dienone is 2. The first kappa shape index (κ1) is 17.8. The zero-order valence-electron chi connectivity index (χ0n) is 15.8. The molecular weight excluding hydrogens is 288 g/mol. The molecule has 0 radical (unpaired) electrons. The Morgan fingerprint density at radius 1 is 0.833 bits per heavy atom. The molecule has 0 atom stereocenters. The van der Waals surface area contributed by atoms with Crippen molar-refractivity contribution in [2.45, 2.75) is 84.0 Å². The number of benzene rings is 1. The van der Waals surface area contributed by atoms with E-state index < -0.39 is 0 Å². The van der Waals surface area contributed by atoms with Crippen LogP contribution in [0.3, 0.4) is 0 Å². The Morgan fingerprint density at radius 3 is 2.00 bits per heavy atom. The molecule has 0 saturated heterocycles. The lowest BCUT2D eigenvalue weighted by Gasteiger charge is -2.37. The minimum Gasteiger partial charge on any atom is -0.0883 e. The lowest BCUT2D eigenvalue weighted by molar-refractivity contribution is 0.171. The van der Waals surface area contributed by atoms with Crippen LogP contribution in [0, 0.1) is 24.7 Å². The molecule has 0 aromatic heterocycles. The van der Waals surface area contributed by atoms with E-state index in [1.165, 1.54) is 69.8 Å². The van der Waals surface area contributed by atoms with Gasteiger partial charge in [-0.05, 0) is 93.9 Å².